The lowest BCUT2D eigenvalue weighted by molar-refractivity contribution is -0.139. The average molecular weight is 303 g/mol. The number of ketones is 1. The largest absolute Gasteiger partial charge is 0.480 e. The third-order valence-electron chi connectivity index (χ3n) is 2.98. The summed E-state index contributed by atoms with van der Waals surface area (Å²) >= 11 is 12.1. The molecule has 0 aliphatic heterocycles. The number of ether oxygens (including phenoxy) is 1. The number of rotatable bonds is 3. The number of aryl methyl sites for hydroxylation is 1. The van der Waals surface area contributed by atoms with E-state index in [1.165, 1.54) is 0 Å². The topological polar surface area (TPSA) is 63.6 Å². The van der Waals surface area contributed by atoms with E-state index in [-0.39, 0.29) is 21.6 Å². The number of hydrogen-bond acceptors (Lipinski definition) is 3. The van der Waals surface area contributed by atoms with Gasteiger partial charge < -0.3 is 9.84 Å². The van der Waals surface area contributed by atoms with Crippen LogP contribution in [0.1, 0.15) is 35.2 Å². The average Bonchev–Trinajstić information content (AvgIpc) is 2.54. The van der Waals surface area contributed by atoms with Crippen LogP contribution in [0, 0.1) is 0 Å². The summed E-state index contributed by atoms with van der Waals surface area (Å²) in [4.78, 5) is 22.5. The van der Waals surface area contributed by atoms with E-state index in [9.17, 15) is 9.59 Å². The predicted octanol–water partition coefficient (Wildman–Crippen LogP) is 3.37. The number of carbonyl (C=O) groups is 2. The Morgan fingerprint density at radius 3 is 2.63 bits per heavy atom. The van der Waals surface area contributed by atoms with Gasteiger partial charge in [0.15, 0.2) is 12.4 Å². The van der Waals surface area contributed by atoms with Gasteiger partial charge >= 0.3 is 5.97 Å². The van der Waals surface area contributed by atoms with Gasteiger partial charge in [-0.3, -0.25) is 4.79 Å². The van der Waals surface area contributed by atoms with E-state index in [2.05, 4.69) is 0 Å². The van der Waals surface area contributed by atoms with E-state index < -0.39 is 12.6 Å². The monoisotopic (exact) mass is 302 g/mol. The van der Waals surface area contributed by atoms with E-state index >= 15 is 0 Å². The number of benzene rings is 1. The highest BCUT2D eigenvalue weighted by atomic mass is 35.5. The van der Waals surface area contributed by atoms with Crippen LogP contribution in [0.15, 0.2) is 6.07 Å². The molecular weight excluding hydrogens is 291 g/mol. The zero-order valence-electron chi connectivity index (χ0n) is 10.0. The second-order valence-electron chi connectivity index (χ2n) is 4.35. The van der Waals surface area contributed by atoms with Crippen molar-refractivity contribution in [2.75, 3.05) is 6.61 Å². The van der Waals surface area contributed by atoms with Crippen molar-refractivity contribution in [3.8, 4) is 5.75 Å². The molecule has 0 saturated carbocycles. The summed E-state index contributed by atoms with van der Waals surface area (Å²) in [6, 6.07) is 1.62. The highest BCUT2D eigenvalue weighted by Gasteiger charge is 2.23. The molecule has 0 unspecified atom stereocenters. The van der Waals surface area contributed by atoms with Gasteiger partial charge in [0.1, 0.15) is 10.8 Å². The molecule has 1 aromatic carbocycles. The first-order valence-corrected chi connectivity index (χ1v) is 6.65. The van der Waals surface area contributed by atoms with Crippen molar-refractivity contribution in [3.05, 3.63) is 27.2 Å². The molecule has 1 aromatic rings. The number of carboxylic acids is 1. The molecule has 1 N–H and O–H groups in total. The molecule has 0 spiro atoms. The van der Waals surface area contributed by atoms with Crippen molar-refractivity contribution in [2.45, 2.75) is 25.7 Å². The Morgan fingerprint density at radius 1 is 1.26 bits per heavy atom. The van der Waals surface area contributed by atoms with Gasteiger partial charge in [0.25, 0.3) is 0 Å². The lowest BCUT2D eigenvalue weighted by Gasteiger charge is -2.13. The lowest BCUT2D eigenvalue weighted by Crippen LogP contribution is -2.11. The van der Waals surface area contributed by atoms with Crippen molar-refractivity contribution < 1.29 is 19.4 Å². The van der Waals surface area contributed by atoms with Crippen molar-refractivity contribution in [2.24, 2.45) is 0 Å². The van der Waals surface area contributed by atoms with Crippen LogP contribution in [0.3, 0.4) is 0 Å². The highest BCUT2D eigenvalue weighted by Crippen LogP contribution is 2.39. The second kappa shape index (κ2) is 5.80. The fourth-order valence-corrected chi connectivity index (χ4v) is 2.65. The van der Waals surface area contributed by atoms with Gasteiger partial charge in [-0.15, -0.1) is 0 Å². The van der Waals surface area contributed by atoms with Gasteiger partial charge in [0.05, 0.1) is 5.02 Å². The Morgan fingerprint density at radius 2 is 1.95 bits per heavy atom. The van der Waals surface area contributed by atoms with Crippen LogP contribution in [0.5, 0.6) is 5.75 Å². The van der Waals surface area contributed by atoms with E-state index in [1.54, 1.807) is 6.07 Å². The van der Waals surface area contributed by atoms with E-state index in [0.29, 0.717) is 18.4 Å². The fraction of sp³-hybridized carbons (Fsp3) is 0.385. The summed E-state index contributed by atoms with van der Waals surface area (Å²) in [5.41, 5.74) is 1.23. The first-order valence-electron chi connectivity index (χ1n) is 5.89. The number of aliphatic carboxylic acids is 1. The zero-order valence-corrected chi connectivity index (χ0v) is 11.6. The van der Waals surface area contributed by atoms with Crippen molar-refractivity contribution in [1.82, 2.24) is 0 Å². The van der Waals surface area contributed by atoms with Crippen LogP contribution >= 0.6 is 23.2 Å². The molecule has 0 radical (unpaired) electrons. The minimum Gasteiger partial charge on any atom is -0.480 e. The number of halogens is 2. The Balaban J connectivity index is 2.44. The Bertz CT molecular complexity index is 540. The fourth-order valence-electron chi connectivity index (χ4n) is 2.12. The Hall–Kier alpha value is -1.26. The van der Waals surface area contributed by atoms with Crippen LogP contribution in [-0.2, 0) is 11.2 Å². The molecule has 1 aliphatic rings. The lowest BCUT2D eigenvalue weighted by atomic mass is 10.0. The molecule has 4 nitrogen and oxygen atoms in total. The standard InChI is InChI=1S/C13H12Cl2O4/c14-12-9(19-6-10(17)18)5-7-3-1-2-4-8(16)11(7)13(12)15/h5H,1-4,6H2,(H,17,18). The van der Waals surface area contributed by atoms with E-state index in [0.717, 1.165) is 18.4 Å². The zero-order chi connectivity index (χ0) is 14.0. The number of fused-ring (bicyclic) bond motifs is 1. The molecule has 0 heterocycles. The third kappa shape index (κ3) is 3.01. The second-order valence-corrected chi connectivity index (χ2v) is 5.11. The minimum atomic E-state index is -1.10. The molecular formula is C13H12Cl2O4. The van der Waals surface area contributed by atoms with Crippen LogP contribution in [0.25, 0.3) is 0 Å². The van der Waals surface area contributed by atoms with Gasteiger partial charge in [-0.05, 0) is 30.9 Å². The van der Waals surface area contributed by atoms with Gasteiger partial charge in [-0.25, -0.2) is 4.79 Å². The molecule has 0 bridgehead atoms. The van der Waals surface area contributed by atoms with E-state index in [4.69, 9.17) is 33.0 Å². The van der Waals surface area contributed by atoms with Crippen molar-refractivity contribution in [1.29, 1.82) is 0 Å². The normalized spacial score (nSPS) is 14.7. The summed E-state index contributed by atoms with van der Waals surface area (Å²) in [6.45, 7) is -0.497. The molecule has 0 aromatic heterocycles. The minimum absolute atomic E-state index is 0.0239. The molecule has 0 saturated heterocycles. The number of Topliss-reactive ketones (excluding diaryl/α,β-unsaturated/α-hetero) is 1. The number of carboxylic acid groups (broad SMARTS) is 1. The Kier molecular flexibility index (Phi) is 4.32. The van der Waals surface area contributed by atoms with E-state index in [1.807, 2.05) is 0 Å². The van der Waals surface area contributed by atoms with Crippen LogP contribution in [0.2, 0.25) is 10.0 Å². The molecule has 19 heavy (non-hydrogen) atoms. The van der Waals surface area contributed by atoms with Gasteiger partial charge in [-0.1, -0.05) is 23.2 Å². The molecule has 1 aliphatic carbocycles. The first-order chi connectivity index (χ1) is 9.00. The molecule has 2 rings (SSSR count). The molecule has 102 valence electrons. The van der Waals surface area contributed by atoms with Crippen LogP contribution in [-0.4, -0.2) is 23.5 Å². The first kappa shape index (κ1) is 14.2. The van der Waals surface area contributed by atoms with Crippen molar-refractivity contribution in [3.63, 3.8) is 0 Å². The smallest absolute Gasteiger partial charge is 0.341 e. The van der Waals surface area contributed by atoms with Crippen molar-refractivity contribution >= 4 is 35.0 Å². The van der Waals surface area contributed by atoms with Gasteiger partial charge in [-0.2, -0.15) is 0 Å². The maximum atomic E-state index is 12.0. The predicted molar refractivity (Wildman–Crippen MR) is 71.5 cm³/mol. The summed E-state index contributed by atoms with van der Waals surface area (Å²) in [6.07, 6.45) is 2.86. The molecule has 0 amide bonds. The van der Waals surface area contributed by atoms with Gasteiger partial charge in [0, 0.05) is 12.0 Å². The molecule has 0 atom stereocenters. The molecule has 6 heteroatoms. The Labute approximate surface area is 120 Å². The quantitative estimate of drug-likeness (QED) is 0.870. The third-order valence-corrected chi connectivity index (χ3v) is 3.83. The number of carbonyl (C=O) groups excluding carboxylic acids is 1. The summed E-state index contributed by atoms with van der Waals surface area (Å²) in [5, 5.41) is 8.86. The maximum Gasteiger partial charge on any atom is 0.341 e. The SMILES string of the molecule is O=C(O)COc1cc2c(c(Cl)c1Cl)C(=O)CCCC2. The van der Waals surface area contributed by atoms with Crippen LogP contribution < -0.4 is 4.74 Å². The van der Waals surface area contributed by atoms with Gasteiger partial charge in [0.2, 0.25) is 0 Å². The maximum absolute atomic E-state index is 12.0. The summed E-state index contributed by atoms with van der Waals surface area (Å²) < 4.78 is 5.09. The van der Waals surface area contributed by atoms with Crippen LogP contribution in [0.4, 0.5) is 0 Å². The highest BCUT2D eigenvalue weighted by molar-refractivity contribution is 6.45. The number of hydrogen-bond donors (Lipinski definition) is 1. The summed E-state index contributed by atoms with van der Waals surface area (Å²) in [7, 11) is 0. The summed E-state index contributed by atoms with van der Waals surface area (Å²) in [5.74, 6) is -0.912. The molecule has 0 fully saturated rings.